The number of nitrogens with zero attached hydrogens (tertiary/aromatic N) is 3. The van der Waals surface area contributed by atoms with Crippen molar-refractivity contribution < 1.29 is 9.47 Å². The number of hydrogen-bond acceptors (Lipinski definition) is 4. The van der Waals surface area contributed by atoms with Gasteiger partial charge in [0.15, 0.2) is 6.23 Å². The van der Waals surface area contributed by atoms with Crippen molar-refractivity contribution in [1.82, 2.24) is 15.0 Å². The highest BCUT2D eigenvalue weighted by Gasteiger charge is 2.21. The molecule has 0 spiro atoms. The lowest BCUT2D eigenvalue weighted by Crippen LogP contribution is -2.24. The van der Waals surface area contributed by atoms with Gasteiger partial charge in [-0.1, -0.05) is 101 Å². The van der Waals surface area contributed by atoms with Crippen LogP contribution in [0.25, 0.3) is 11.0 Å². The Morgan fingerprint density at radius 1 is 0.848 bits per heavy atom. The van der Waals surface area contributed by atoms with Gasteiger partial charge >= 0.3 is 0 Å². The Balaban J connectivity index is 1.92. The van der Waals surface area contributed by atoms with E-state index in [2.05, 4.69) is 36.8 Å². The molecule has 186 valence electrons. The molecule has 0 fully saturated rings. The first kappa shape index (κ1) is 27.5. The summed E-state index contributed by atoms with van der Waals surface area (Å²) in [5.41, 5.74) is 1.91. The average Bonchev–Trinajstić information content (AvgIpc) is 3.26. The first-order valence-corrected chi connectivity index (χ1v) is 13.4. The van der Waals surface area contributed by atoms with Crippen LogP contribution in [-0.2, 0) is 9.47 Å². The predicted molar refractivity (Wildman–Crippen MR) is 138 cm³/mol. The van der Waals surface area contributed by atoms with E-state index in [1.807, 2.05) is 29.0 Å². The van der Waals surface area contributed by atoms with Crippen molar-refractivity contribution in [3.05, 3.63) is 36.9 Å². The Bertz CT molecular complexity index is 746. The molecule has 0 saturated heterocycles. The molecule has 0 radical (unpaired) electrons. The molecule has 2 atom stereocenters. The van der Waals surface area contributed by atoms with Gasteiger partial charge in [-0.05, 0) is 31.4 Å². The molecule has 5 heteroatoms. The number of fused-ring (bicyclic) bond motifs is 1. The molecule has 1 aromatic heterocycles. The van der Waals surface area contributed by atoms with Crippen LogP contribution < -0.4 is 0 Å². The Kier molecular flexibility index (Phi) is 14.8. The highest BCUT2D eigenvalue weighted by atomic mass is 16.5. The number of para-hydroxylation sites is 1. The molecule has 33 heavy (non-hydrogen) atoms. The van der Waals surface area contributed by atoms with Gasteiger partial charge < -0.3 is 9.47 Å². The molecule has 2 rings (SSSR count). The maximum absolute atomic E-state index is 6.40. The summed E-state index contributed by atoms with van der Waals surface area (Å²) in [5, 5.41) is 8.80. The van der Waals surface area contributed by atoms with Gasteiger partial charge in [0.2, 0.25) is 0 Å². The lowest BCUT2D eigenvalue weighted by Gasteiger charge is -2.24. The van der Waals surface area contributed by atoms with Crippen LogP contribution in [0.3, 0.4) is 0 Å². The highest BCUT2D eigenvalue weighted by molar-refractivity contribution is 5.73. The van der Waals surface area contributed by atoms with E-state index in [-0.39, 0.29) is 12.3 Å². The molecule has 2 aromatic rings. The van der Waals surface area contributed by atoms with E-state index in [4.69, 9.17) is 9.47 Å². The zero-order valence-electron chi connectivity index (χ0n) is 21.2. The second-order valence-electron chi connectivity index (χ2n) is 9.14. The van der Waals surface area contributed by atoms with Gasteiger partial charge in [0.1, 0.15) is 5.52 Å². The van der Waals surface area contributed by atoms with Gasteiger partial charge in [0, 0.05) is 19.6 Å². The van der Waals surface area contributed by atoms with Crippen molar-refractivity contribution in [2.24, 2.45) is 0 Å². The minimum Gasteiger partial charge on any atom is -0.378 e. The molecule has 0 amide bonds. The summed E-state index contributed by atoms with van der Waals surface area (Å²) in [6.07, 6.45) is 18.6. The molecule has 0 aliphatic rings. The fraction of sp³-hybridized carbons (Fsp3) is 0.714. The Morgan fingerprint density at radius 3 is 2.12 bits per heavy atom. The zero-order valence-corrected chi connectivity index (χ0v) is 21.2. The first-order valence-electron chi connectivity index (χ1n) is 13.4. The van der Waals surface area contributed by atoms with E-state index in [0.29, 0.717) is 0 Å². The third-order valence-electron chi connectivity index (χ3n) is 6.20. The van der Waals surface area contributed by atoms with Gasteiger partial charge in [-0.25, -0.2) is 4.68 Å². The zero-order chi connectivity index (χ0) is 23.6. The van der Waals surface area contributed by atoms with E-state index < -0.39 is 0 Å². The number of aromatic nitrogens is 3. The summed E-state index contributed by atoms with van der Waals surface area (Å²) in [6, 6.07) is 8.09. The van der Waals surface area contributed by atoms with Gasteiger partial charge in [0.25, 0.3) is 0 Å². The smallest absolute Gasteiger partial charge is 0.155 e. The topological polar surface area (TPSA) is 49.2 Å². The molecule has 0 saturated carbocycles. The number of rotatable bonds is 21. The van der Waals surface area contributed by atoms with Crippen molar-refractivity contribution >= 4 is 11.0 Å². The minimum absolute atomic E-state index is 0.0793. The van der Waals surface area contributed by atoms with Gasteiger partial charge in [-0.3, -0.25) is 0 Å². The monoisotopic (exact) mass is 457 g/mol. The van der Waals surface area contributed by atoms with Crippen LogP contribution in [0, 0.1) is 0 Å². The van der Waals surface area contributed by atoms with Crippen molar-refractivity contribution in [2.75, 3.05) is 13.2 Å². The van der Waals surface area contributed by atoms with E-state index >= 15 is 0 Å². The quantitative estimate of drug-likeness (QED) is 0.141. The predicted octanol–water partition coefficient (Wildman–Crippen LogP) is 8.02. The second kappa shape index (κ2) is 17.7. The van der Waals surface area contributed by atoms with Crippen LogP contribution in [0.15, 0.2) is 36.9 Å². The fourth-order valence-corrected chi connectivity index (χ4v) is 4.22. The largest absolute Gasteiger partial charge is 0.378 e. The summed E-state index contributed by atoms with van der Waals surface area (Å²) < 4.78 is 14.6. The lowest BCUT2D eigenvalue weighted by molar-refractivity contribution is -0.0556. The van der Waals surface area contributed by atoms with E-state index in [1.54, 1.807) is 0 Å². The standard InChI is InChI=1S/C28H47N3O2/c1-4-7-9-11-13-17-22-32-25(19-6-3)24-28(33-23-18-14-12-10-8-5-2)31-27-21-16-15-20-26(27)29-30-31/h6,15-16,20-21,25,28H,3-5,7-14,17-19,22-24H2,1-2H3. The van der Waals surface area contributed by atoms with Crippen LogP contribution in [-0.4, -0.2) is 34.3 Å². The van der Waals surface area contributed by atoms with Crippen molar-refractivity contribution in [3.8, 4) is 0 Å². The third-order valence-corrected chi connectivity index (χ3v) is 6.20. The van der Waals surface area contributed by atoms with E-state index in [0.717, 1.165) is 49.9 Å². The van der Waals surface area contributed by atoms with E-state index in [1.165, 1.54) is 64.2 Å². The van der Waals surface area contributed by atoms with Crippen molar-refractivity contribution in [3.63, 3.8) is 0 Å². The number of unbranched alkanes of at least 4 members (excludes halogenated alkanes) is 10. The second-order valence-corrected chi connectivity index (χ2v) is 9.14. The summed E-state index contributed by atoms with van der Waals surface area (Å²) in [5.74, 6) is 0. The molecule has 1 heterocycles. The highest BCUT2D eigenvalue weighted by Crippen LogP contribution is 2.24. The molecule has 0 N–H and O–H groups in total. The van der Waals surface area contributed by atoms with Crippen LogP contribution in [0.2, 0.25) is 0 Å². The normalized spacial score (nSPS) is 13.4. The van der Waals surface area contributed by atoms with E-state index in [9.17, 15) is 0 Å². The number of hydrogen-bond donors (Lipinski definition) is 0. The molecule has 5 nitrogen and oxygen atoms in total. The van der Waals surface area contributed by atoms with Gasteiger partial charge in [-0.15, -0.1) is 11.7 Å². The van der Waals surface area contributed by atoms with Crippen LogP contribution >= 0.6 is 0 Å². The Morgan fingerprint density at radius 2 is 1.45 bits per heavy atom. The summed E-state index contributed by atoms with van der Waals surface area (Å²) in [4.78, 5) is 0. The molecular weight excluding hydrogens is 410 g/mol. The summed E-state index contributed by atoms with van der Waals surface area (Å²) >= 11 is 0. The van der Waals surface area contributed by atoms with Crippen molar-refractivity contribution in [2.45, 2.75) is 116 Å². The molecule has 2 unspecified atom stereocenters. The average molecular weight is 458 g/mol. The van der Waals surface area contributed by atoms with Crippen LogP contribution in [0.1, 0.15) is 110 Å². The summed E-state index contributed by atoms with van der Waals surface area (Å²) in [7, 11) is 0. The first-order chi connectivity index (χ1) is 16.3. The number of ether oxygens (including phenoxy) is 2. The maximum atomic E-state index is 6.40. The molecule has 0 bridgehead atoms. The fourth-order valence-electron chi connectivity index (χ4n) is 4.22. The Hall–Kier alpha value is -1.72. The SMILES string of the molecule is C=CCC(CC(OCCCCCCCC)n1nnc2ccccc21)OCCCCCCCC. The molecule has 0 aliphatic carbocycles. The van der Waals surface area contributed by atoms with Crippen LogP contribution in [0.5, 0.6) is 0 Å². The minimum atomic E-state index is -0.178. The van der Waals surface area contributed by atoms with Crippen molar-refractivity contribution in [1.29, 1.82) is 0 Å². The molecule has 1 aromatic carbocycles. The van der Waals surface area contributed by atoms with Crippen LogP contribution in [0.4, 0.5) is 0 Å². The lowest BCUT2D eigenvalue weighted by atomic mass is 10.1. The van der Waals surface area contributed by atoms with Gasteiger partial charge in [-0.2, -0.15) is 0 Å². The molecular formula is C28H47N3O2. The van der Waals surface area contributed by atoms with Gasteiger partial charge in [0.05, 0.1) is 11.6 Å². The third kappa shape index (κ3) is 10.8. The molecule has 0 aliphatic heterocycles. The Labute approximate surface area is 201 Å². The number of benzene rings is 1. The maximum Gasteiger partial charge on any atom is 0.155 e. The summed E-state index contributed by atoms with van der Waals surface area (Å²) in [6.45, 7) is 10.0.